The number of benzene rings is 3. The zero-order valence-corrected chi connectivity index (χ0v) is 16.1. The van der Waals surface area contributed by atoms with Gasteiger partial charge in [-0.3, -0.25) is 4.79 Å². The van der Waals surface area contributed by atoms with Crippen LogP contribution in [-0.2, 0) is 6.61 Å². The predicted octanol–water partition coefficient (Wildman–Crippen LogP) is 5.76. The van der Waals surface area contributed by atoms with Gasteiger partial charge in [-0.25, -0.2) is 0 Å². The van der Waals surface area contributed by atoms with Gasteiger partial charge >= 0.3 is 0 Å². The molecule has 3 rings (SSSR count). The summed E-state index contributed by atoms with van der Waals surface area (Å²) in [7, 11) is 1.55. The van der Waals surface area contributed by atoms with E-state index in [0.717, 1.165) is 17.2 Å². The van der Waals surface area contributed by atoms with Crippen molar-refractivity contribution in [2.24, 2.45) is 0 Å². The summed E-state index contributed by atoms with van der Waals surface area (Å²) in [5.41, 5.74) is 1.58. The third kappa shape index (κ3) is 3.19. The summed E-state index contributed by atoms with van der Waals surface area (Å²) in [6, 6.07) is 16.0. The maximum Gasteiger partial charge on any atom is 0.177 e. The van der Waals surface area contributed by atoms with Gasteiger partial charge in [0.15, 0.2) is 17.8 Å². The van der Waals surface area contributed by atoms with Crippen molar-refractivity contribution in [3.8, 4) is 11.5 Å². The lowest BCUT2D eigenvalue weighted by Crippen LogP contribution is -2.01. The molecule has 0 amide bonds. The monoisotopic (exact) mass is 448 g/mol. The lowest BCUT2D eigenvalue weighted by Gasteiger charge is -2.15. The second-order valence-electron chi connectivity index (χ2n) is 5.17. The second-order valence-corrected chi connectivity index (χ2v) is 6.76. The van der Waals surface area contributed by atoms with Crippen molar-refractivity contribution in [2.45, 2.75) is 6.61 Å². The van der Waals surface area contributed by atoms with E-state index in [1.165, 1.54) is 5.39 Å². The molecule has 0 N–H and O–H groups in total. The average Bonchev–Trinajstić information content (AvgIpc) is 2.63. The van der Waals surface area contributed by atoms with Gasteiger partial charge in [0.25, 0.3) is 0 Å². The summed E-state index contributed by atoms with van der Waals surface area (Å²) < 4.78 is 12.7. The molecule has 0 aliphatic heterocycles. The zero-order valence-electron chi connectivity index (χ0n) is 12.9. The number of carbonyl (C=O) groups is 1. The minimum Gasteiger partial charge on any atom is -0.493 e. The van der Waals surface area contributed by atoms with Gasteiger partial charge in [0.1, 0.15) is 6.61 Å². The molecule has 122 valence electrons. The number of ether oxygens (including phenoxy) is 2. The number of carbonyl (C=O) groups excluding carboxylic acids is 1. The van der Waals surface area contributed by atoms with Crippen LogP contribution in [0, 0.1) is 0 Å². The van der Waals surface area contributed by atoms with Crippen molar-refractivity contribution in [3.05, 3.63) is 68.6 Å². The Labute approximate surface area is 156 Å². The molecular formula is C19H14Br2O3. The molecule has 3 aromatic rings. The predicted molar refractivity (Wildman–Crippen MR) is 102 cm³/mol. The highest BCUT2D eigenvalue weighted by Crippen LogP contribution is 2.42. The van der Waals surface area contributed by atoms with Crippen LogP contribution in [0.3, 0.4) is 0 Å². The normalized spacial score (nSPS) is 10.6. The minimum atomic E-state index is 0.392. The standard InChI is InChI=1S/C19H14Br2O3/c1-23-16-9-14(10-22)17(20)18(21)19(16)24-11-13-7-4-6-12-5-2-3-8-15(12)13/h2-10H,11H2,1H3. The van der Waals surface area contributed by atoms with Gasteiger partial charge in [-0.1, -0.05) is 42.5 Å². The number of fused-ring (bicyclic) bond motifs is 1. The van der Waals surface area contributed by atoms with Crippen molar-refractivity contribution in [1.82, 2.24) is 0 Å². The Kier molecular flexibility index (Phi) is 5.21. The maximum atomic E-state index is 11.1. The van der Waals surface area contributed by atoms with E-state index in [1.54, 1.807) is 13.2 Å². The first-order valence-corrected chi connectivity index (χ1v) is 8.85. The molecule has 0 fully saturated rings. The molecule has 0 aliphatic carbocycles. The first kappa shape index (κ1) is 17.0. The molecular weight excluding hydrogens is 436 g/mol. The highest BCUT2D eigenvalue weighted by atomic mass is 79.9. The van der Waals surface area contributed by atoms with Crippen LogP contribution < -0.4 is 9.47 Å². The lowest BCUT2D eigenvalue weighted by molar-refractivity contribution is 0.112. The Balaban J connectivity index is 1.97. The molecule has 5 heteroatoms. The van der Waals surface area contributed by atoms with Crippen LogP contribution in [0.25, 0.3) is 10.8 Å². The number of hydrogen-bond donors (Lipinski definition) is 0. The smallest absolute Gasteiger partial charge is 0.177 e. The van der Waals surface area contributed by atoms with Gasteiger partial charge in [-0.15, -0.1) is 0 Å². The summed E-state index contributed by atoms with van der Waals surface area (Å²) in [5.74, 6) is 1.07. The highest BCUT2D eigenvalue weighted by Gasteiger charge is 2.17. The van der Waals surface area contributed by atoms with E-state index in [-0.39, 0.29) is 0 Å². The molecule has 3 aromatic carbocycles. The molecule has 0 atom stereocenters. The summed E-state index contributed by atoms with van der Waals surface area (Å²) in [5, 5.41) is 2.32. The van der Waals surface area contributed by atoms with E-state index in [1.807, 2.05) is 24.3 Å². The molecule has 0 heterocycles. The first-order chi connectivity index (χ1) is 11.7. The number of methoxy groups -OCH3 is 1. The highest BCUT2D eigenvalue weighted by molar-refractivity contribution is 9.13. The molecule has 0 saturated heterocycles. The van der Waals surface area contributed by atoms with Crippen molar-refractivity contribution < 1.29 is 14.3 Å². The Bertz CT molecular complexity index is 901. The molecule has 0 spiro atoms. The largest absolute Gasteiger partial charge is 0.493 e. The van der Waals surface area contributed by atoms with Gasteiger partial charge in [0.2, 0.25) is 0 Å². The Morgan fingerprint density at radius 2 is 1.79 bits per heavy atom. The molecule has 0 unspecified atom stereocenters. The Hall–Kier alpha value is -1.85. The third-order valence-electron chi connectivity index (χ3n) is 3.75. The van der Waals surface area contributed by atoms with Crippen molar-refractivity contribution in [3.63, 3.8) is 0 Å². The summed E-state index contributed by atoms with van der Waals surface area (Å²) in [4.78, 5) is 11.1. The Morgan fingerprint density at radius 1 is 1.04 bits per heavy atom. The Morgan fingerprint density at radius 3 is 2.54 bits per heavy atom. The van der Waals surface area contributed by atoms with Crippen LogP contribution in [0.1, 0.15) is 15.9 Å². The van der Waals surface area contributed by atoms with Crippen LogP contribution in [-0.4, -0.2) is 13.4 Å². The van der Waals surface area contributed by atoms with Crippen molar-refractivity contribution in [1.29, 1.82) is 0 Å². The molecule has 0 radical (unpaired) electrons. The SMILES string of the molecule is COc1cc(C=O)c(Br)c(Br)c1OCc1cccc2ccccc12. The summed E-state index contributed by atoms with van der Waals surface area (Å²) in [6.07, 6.45) is 0.770. The van der Waals surface area contributed by atoms with Crippen LogP contribution in [0.15, 0.2) is 57.5 Å². The summed E-state index contributed by atoms with van der Waals surface area (Å²) in [6.45, 7) is 0.392. The maximum absolute atomic E-state index is 11.1. The van der Waals surface area contributed by atoms with E-state index in [4.69, 9.17) is 9.47 Å². The van der Waals surface area contributed by atoms with E-state index in [2.05, 4.69) is 50.1 Å². The molecule has 24 heavy (non-hydrogen) atoms. The first-order valence-electron chi connectivity index (χ1n) is 7.26. The van der Waals surface area contributed by atoms with Gasteiger partial charge in [-0.05, 0) is 54.3 Å². The number of aldehydes is 1. The van der Waals surface area contributed by atoms with Gasteiger partial charge in [-0.2, -0.15) is 0 Å². The zero-order chi connectivity index (χ0) is 17.1. The fraction of sp³-hybridized carbons (Fsp3) is 0.105. The molecule has 3 nitrogen and oxygen atoms in total. The van der Waals surface area contributed by atoms with Crippen LogP contribution in [0.5, 0.6) is 11.5 Å². The topological polar surface area (TPSA) is 35.5 Å². The quantitative estimate of drug-likeness (QED) is 0.464. The van der Waals surface area contributed by atoms with E-state index >= 15 is 0 Å². The average molecular weight is 450 g/mol. The summed E-state index contributed by atoms with van der Waals surface area (Å²) >= 11 is 6.88. The molecule has 0 aliphatic rings. The number of halogens is 2. The van der Waals surface area contributed by atoms with Gasteiger partial charge in [0, 0.05) is 10.0 Å². The van der Waals surface area contributed by atoms with Crippen molar-refractivity contribution >= 4 is 48.9 Å². The molecule has 0 aromatic heterocycles. The van der Waals surface area contributed by atoms with E-state index in [9.17, 15) is 4.79 Å². The van der Waals surface area contributed by atoms with Crippen LogP contribution >= 0.6 is 31.9 Å². The second kappa shape index (κ2) is 7.36. The fourth-order valence-electron chi connectivity index (χ4n) is 2.54. The number of rotatable bonds is 5. The number of hydrogen-bond acceptors (Lipinski definition) is 3. The molecule has 0 saturated carbocycles. The van der Waals surface area contributed by atoms with Crippen molar-refractivity contribution in [2.75, 3.05) is 7.11 Å². The van der Waals surface area contributed by atoms with E-state index in [0.29, 0.717) is 32.6 Å². The third-order valence-corrected chi connectivity index (χ3v) is 5.90. The fourth-order valence-corrected chi connectivity index (χ4v) is 3.47. The van der Waals surface area contributed by atoms with E-state index < -0.39 is 0 Å². The van der Waals surface area contributed by atoms with Crippen LogP contribution in [0.2, 0.25) is 0 Å². The molecule has 0 bridgehead atoms. The minimum absolute atomic E-state index is 0.392. The van der Waals surface area contributed by atoms with Gasteiger partial charge < -0.3 is 9.47 Å². The van der Waals surface area contributed by atoms with Crippen LogP contribution in [0.4, 0.5) is 0 Å². The van der Waals surface area contributed by atoms with Gasteiger partial charge in [0.05, 0.1) is 11.6 Å². The lowest BCUT2D eigenvalue weighted by atomic mass is 10.1.